The van der Waals surface area contributed by atoms with E-state index in [0.29, 0.717) is 12.5 Å². The Balaban J connectivity index is 1.50. The molecule has 0 spiro atoms. The summed E-state index contributed by atoms with van der Waals surface area (Å²) in [6.45, 7) is 0.654. The molecule has 0 saturated heterocycles. The number of carbonyl (C=O) groups excluding carboxylic acids is 1. The summed E-state index contributed by atoms with van der Waals surface area (Å²) in [4.78, 5) is 17.5. The van der Waals surface area contributed by atoms with E-state index in [1.807, 2.05) is 30.5 Å². The molecular weight excluding hydrogens is 380 g/mol. The first-order chi connectivity index (χ1) is 12.1. The third-order valence-corrected chi connectivity index (χ3v) is 5.94. The Bertz CT molecular complexity index is 817. The van der Waals surface area contributed by atoms with E-state index in [9.17, 15) is 4.79 Å². The lowest BCUT2D eigenvalue weighted by molar-refractivity contribution is -0.123. The normalized spacial score (nSPS) is 20.0. The van der Waals surface area contributed by atoms with Crippen LogP contribution in [-0.4, -0.2) is 24.5 Å². The number of pyridine rings is 1. The van der Waals surface area contributed by atoms with Gasteiger partial charge in [-0.05, 0) is 55.5 Å². The number of nitrogens with one attached hydrogen (secondary N) is 1. The zero-order valence-corrected chi connectivity index (χ0v) is 15.8. The average molecular weight is 401 g/mol. The molecule has 2 aromatic rings. The van der Waals surface area contributed by atoms with E-state index in [-0.39, 0.29) is 5.91 Å². The van der Waals surface area contributed by atoms with Crippen molar-refractivity contribution < 1.29 is 9.53 Å². The van der Waals surface area contributed by atoms with Gasteiger partial charge in [-0.25, -0.2) is 0 Å². The number of rotatable bonds is 5. The maximum absolute atomic E-state index is 13.0. The Morgan fingerprint density at radius 1 is 1.40 bits per heavy atom. The van der Waals surface area contributed by atoms with Crippen LogP contribution >= 0.6 is 15.9 Å². The quantitative estimate of drug-likeness (QED) is 0.831. The molecule has 2 aliphatic carbocycles. The summed E-state index contributed by atoms with van der Waals surface area (Å²) in [5, 5.41) is 3.19. The van der Waals surface area contributed by atoms with Gasteiger partial charge in [-0.2, -0.15) is 0 Å². The van der Waals surface area contributed by atoms with Gasteiger partial charge < -0.3 is 10.1 Å². The molecule has 1 aromatic heterocycles. The minimum Gasteiger partial charge on any atom is -0.496 e. The summed E-state index contributed by atoms with van der Waals surface area (Å²) in [5.74, 6) is 1.21. The molecule has 1 saturated carbocycles. The summed E-state index contributed by atoms with van der Waals surface area (Å²) >= 11 is 3.51. The minimum absolute atomic E-state index is 0.105. The number of fused-ring (bicyclic) bond motifs is 1. The van der Waals surface area contributed by atoms with Crippen molar-refractivity contribution in [2.75, 3.05) is 13.7 Å². The van der Waals surface area contributed by atoms with E-state index in [0.717, 1.165) is 47.2 Å². The van der Waals surface area contributed by atoms with Crippen molar-refractivity contribution in [3.05, 3.63) is 57.8 Å². The third-order valence-electron chi connectivity index (χ3n) is 5.45. The highest BCUT2D eigenvalue weighted by Crippen LogP contribution is 2.52. The Morgan fingerprint density at radius 3 is 3.00 bits per heavy atom. The van der Waals surface area contributed by atoms with Gasteiger partial charge in [-0.3, -0.25) is 9.78 Å². The van der Waals surface area contributed by atoms with Gasteiger partial charge in [0.15, 0.2) is 0 Å². The predicted octanol–water partition coefficient (Wildman–Crippen LogP) is 3.73. The molecule has 1 atom stereocenters. The van der Waals surface area contributed by atoms with Crippen molar-refractivity contribution in [1.29, 1.82) is 0 Å². The molecule has 4 nitrogen and oxygen atoms in total. The molecule has 1 unspecified atom stereocenters. The van der Waals surface area contributed by atoms with Crippen LogP contribution in [0.2, 0.25) is 0 Å². The molecule has 0 bridgehead atoms. The molecule has 4 rings (SSSR count). The van der Waals surface area contributed by atoms with Crippen LogP contribution in [0.25, 0.3) is 0 Å². The van der Waals surface area contributed by atoms with Crippen molar-refractivity contribution in [1.82, 2.24) is 10.3 Å². The van der Waals surface area contributed by atoms with Crippen LogP contribution in [0.1, 0.15) is 42.0 Å². The summed E-state index contributed by atoms with van der Waals surface area (Å²) in [6, 6.07) is 10.00. The Hall–Kier alpha value is -1.88. The molecule has 1 amide bonds. The maximum atomic E-state index is 13.0. The molecule has 1 heterocycles. The fraction of sp³-hybridized carbons (Fsp3) is 0.400. The van der Waals surface area contributed by atoms with E-state index in [2.05, 4.69) is 32.3 Å². The summed E-state index contributed by atoms with van der Waals surface area (Å²) in [7, 11) is 1.65. The lowest BCUT2D eigenvalue weighted by Crippen LogP contribution is -2.37. The standard InChI is InChI=1S/C20H21BrN2O2/c1-25-17-7-6-15(21)11-16(17)20(8-9-20)19(24)23-12-14-5-4-13-3-2-10-22-18(13)14/h2-3,6-7,10-11,14H,4-5,8-9,12H2,1H3,(H,23,24). The fourth-order valence-electron chi connectivity index (χ4n) is 3.88. The minimum atomic E-state index is -0.444. The van der Waals surface area contributed by atoms with Crippen LogP contribution in [0.15, 0.2) is 41.0 Å². The molecule has 1 N–H and O–H groups in total. The highest BCUT2D eigenvalue weighted by molar-refractivity contribution is 9.10. The predicted molar refractivity (Wildman–Crippen MR) is 99.9 cm³/mol. The van der Waals surface area contributed by atoms with E-state index in [1.54, 1.807) is 7.11 Å². The number of aromatic nitrogens is 1. The second-order valence-corrected chi connectivity index (χ2v) is 7.84. The summed E-state index contributed by atoms with van der Waals surface area (Å²) in [6.07, 6.45) is 5.68. The van der Waals surface area contributed by atoms with Crippen LogP contribution in [0.3, 0.4) is 0 Å². The fourth-order valence-corrected chi connectivity index (χ4v) is 4.24. The first kappa shape index (κ1) is 16.6. The van der Waals surface area contributed by atoms with Gasteiger partial charge in [-0.1, -0.05) is 22.0 Å². The van der Waals surface area contributed by atoms with E-state index in [1.165, 1.54) is 5.56 Å². The second kappa shape index (κ2) is 6.45. The number of halogens is 1. The number of nitrogens with zero attached hydrogens (tertiary/aromatic N) is 1. The number of benzene rings is 1. The van der Waals surface area contributed by atoms with Crippen LogP contribution < -0.4 is 10.1 Å². The molecule has 0 radical (unpaired) electrons. The van der Waals surface area contributed by atoms with Gasteiger partial charge in [0.2, 0.25) is 5.91 Å². The Labute approximate surface area is 156 Å². The topological polar surface area (TPSA) is 51.2 Å². The van der Waals surface area contributed by atoms with Crippen LogP contribution in [0, 0.1) is 0 Å². The van der Waals surface area contributed by atoms with Gasteiger partial charge in [0.1, 0.15) is 5.75 Å². The largest absolute Gasteiger partial charge is 0.496 e. The molecule has 25 heavy (non-hydrogen) atoms. The molecule has 1 fully saturated rings. The zero-order valence-electron chi connectivity index (χ0n) is 14.2. The monoisotopic (exact) mass is 400 g/mol. The number of hydrogen-bond donors (Lipinski definition) is 1. The highest BCUT2D eigenvalue weighted by atomic mass is 79.9. The van der Waals surface area contributed by atoms with Crippen LogP contribution in [0.5, 0.6) is 5.75 Å². The molecule has 130 valence electrons. The van der Waals surface area contributed by atoms with Crippen molar-refractivity contribution in [2.45, 2.75) is 37.0 Å². The second-order valence-electron chi connectivity index (χ2n) is 6.92. The number of methoxy groups -OCH3 is 1. The summed E-state index contributed by atoms with van der Waals surface area (Å²) < 4.78 is 6.46. The third kappa shape index (κ3) is 2.95. The van der Waals surface area contributed by atoms with Gasteiger partial charge in [0, 0.05) is 34.4 Å². The maximum Gasteiger partial charge on any atom is 0.230 e. The average Bonchev–Trinajstić information content (AvgIpc) is 3.35. The molecule has 0 aliphatic heterocycles. The van der Waals surface area contributed by atoms with Gasteiger partial charge >= 0.3 is 0 Å². The lowest BCUT2D eigenvalue weighted by Gasteiger charge is -2.20. The van der Waals surface area contributed by atoms with Crippen molar-refractivity contribution >= 4 is 21.8 Å². The molecular formula is C20H21BrN2O2. The molecule has 5 heteroatoms. The number of amides is 1. The Morgan fingerprint density at radius 2 is 2.24 bits per heavy atom. The van der Waals surface area contributed by atoms with Crippen molar-refractivity contribution in [2.24, 2.45) is 0 Å². The smallest absolute Gasteiger partial charge is 0.230 e. The van der Waals surface area contributed by atoms with Crippen LogP contribution in [-0.2, 0) is 16.6 Å². The number of ether oxygens (including phenoxy) is 1. The van der Waals surface area contributed by atoms with E-state index in [4.69, 9.17) is 4.74 Å². The van der Waals surface area contributed by atoms with Crippen molar-refractivity contribution in [3.63, 3.8) is 0 Å². The van der Waals surface area contributed by atoms with Crippen LogP contribution in [0.4, 0.5) is 0 Å². The SMILES string of the molecule is COc1ccc(Br)cc1C1(C(=O)NCC2CCc3cccnc32)CC1. The first-order valence-electron chi connectivity index (χ1n) is 8.70. The van der Waals surface area contributed by atoms with Gasteiger partial charge in [-0.15, -0.1) is 0 Å². The number of carbonyl (C=O) groups is 1. The zero-order chi connectivity index (χ0) is 17.4. The van der Waals surface area contributed by atoms with Gasteiger partial charge in [0.25, 0.3) is 0 Å². The Kier molecular flexibility index (Phi) is 4.28. The summed E-state index contributed by atoms with van der Waals surface area (Å²) in [5.41, 5.74) is 3.00. The molecule has 1 aromatic carbocycles. The van der Waals surface area contributed by atoms with E-state index >= 15 is 0 Å². The van der Waals surface area contributed by atoms with Crippen molar-refractivity contribution in [3.8, 4) is 5.75 Å². The highest BCUT2D eigenvalue weighted by Gasteiger charge is 2.53. The number of hydrogen-bond acceptors (Lipinski definition) is 3. The lowest BCUT2D eigenvalue weighted by atomic mass is 9.93. The van der Waals surface area contributed by atoms with Gasteiger partial charge in [0.05, 0.1) is 12.5 Å². The number of aryl methyl sites for hydroxylation is 1. The molecule has 2 aliphatic rings. The van der Waals surface area contributed by atoms with E-state index < -0.39 is 5.41 Å². The first-order valence-corrected chi connectivity index (χ1v) is 9.49.